The Balaban J connectivity index is 1.38. The number of imidazole rings is 1. The van der Waals surface area contributed by atoms with Gasteiger partial charge in [0.2, 0.25) is 5.91 Å². The monoisotopic (exact) mass is 418 g/mol. The summed E-state index contributed by atoms with van der Waals surface area (Å²) in [6, 6.07) is 21.6. The van der Waals surface area contributed by atoms with E-state index in [0.29, 0.717) is 24.5 Å². The maximum Gasteiger partial charge on any atom is 0.220 e. The molecule has 30 heavy (non-hydrogen) atoms. The Labute approximate surface area is 180 Å². The van der Waals surface area contributed by atoms with Gasteiger partial charge >= 0.3 is 0 Å². The zero-order valence-corrected chi connectivity index (χ0v) is 17.3. The Bertz CT molecular complexity index is 1120. The van der Waals surface area contributed by atoms with Crippen molar-refractivity contribution < 1.29 is 4.79 Å². The molecule has 0 unspecified atom stereocenters. The first kappa shape index (κ1) is 20.1. The third-order valence-electron chi connectivity index (χ3n) is 4.97. The van der Waals surface area contributed by atoms with E-state index in [1.807, 2.05) is 54.6 Å². The molecule has 0 aliphatic carbocycles. The number of pyridine rings is 1. The minimum atomic E-state index is 0.0359. The second-order valence-electron chi connectivity index (χ2n) is 7.20. The number of carbonyl (C=O) groups excluding carboxylic acids is 1. The lowest BCUT2D eigenvalue weighted by molar-refractivity contribution is -0.121. The molecule has 1 N–H and O–H groups in total. The maximum atomic E-state index is 12.2. The number of aromatic nitrogens is 3. The van der Waals surface area contributed by atoms with Crippen LogP contribution in [0.4, 0.5) is 0 Å². The molecule has 0 atom stereocenters. The van der Waals surface area contributed by atoms with Crippen molar-refractivity contribution in [1.82, 2.24) is 19.9 Å². The quantitative estimate of drug-likeness (QED) is 0.448. The van der Waals surface area contributed by atoms with Crippen LogP contribution in [0.15, 0.2) is 72.9 Å². The van der Waals surface area contributed by atoms with Crippen LogP contribution in [0.1, 0.15) is 29.8 Å². The smallest absolute Gasteiger partial charge is 0.220 e. The van der Waals surface area contributed by atoms with Crippen molar-refractivity contribution in [2.45, 2.75) is 32.4 Å². The number of nitrogens with one attached hydrogen (secondary N) is 1. The first-order valence-corrected chi connectivity index (χ1v) is 10.4. The fraction of sp³-hybridized carbons (Fsp3) is 0.208. The summed E-state index contributed by atoms with van der Waals surface area (Å²) in [5, 5.41) is 3.66. The van der Waals surface area contributed by atoms with E-state index in [-0.39, 0.29) is 5.91 Å². The number of benzene rings is 2. The molecule has 0 aliphatic heterocycles. The number of hydrogen-bond donors (Lipinski definition) is 1. The van der Waals surface area contributed by atoms with E-state index in [4.69, 9.17) is 16.6 Å². The summed E-state index contributed by atoms with van der Waals surface area (Å²) in [7, 11) is 0. The predicted molar refractivity (Wildman–Crippen MR) is 119 cm³/mol. The van der Waals surface area contributed by atoms with Gasteiger partial charge in [0.05, 0.1) is 6.54 Å². The Hall–Kier alpha value is -3.18. The van der Waals surface area contributed by atoms with Crippen molar-refractivity contribution in [2.75, 3.05) is 0 Å². The van der Waals surface area contributed by atoms with Crippen LogP contribution in [0.5, 0.6) is 0 Å². The van der Waals surface area contributed by atoms with Crippen LogP contribution < -0.4 is 5.32 Å². The molecule has 6 heteroatoms. The van der Waals surface area contributed by atoms with E-state index in [0.717, 1.165) is 35.4 Å². The minimum Gasteiger partial charge on any atom is -0.352 e. The summed E-state index contributed by atoms with van der Waals surface area (Å²) in [5.74, 6) is 0.992. The summed E-state index contributed by atoms with van der Waals surface area (Å²) in [6.07, 6.45) is 3.69. The maximum absolute atomic E-state index is 12.2. The van der Waals surface area contributed by atoms with Crippen LogP contribution in [0.2, 0.25) is 5.02 Å². The molecule has 1 amide bonds. The summed E-state index contributed by atoms with van der Waals surface area (Å²) in [5.41, 5.74) is 3.99. The number of hydrogen-bond acceptors (Lipinski definition) is 3. The Morgan fingerprint density at radius 2 is 1.77 bits per heavy atom. The number of halogens is 1. The molecule has 0 fully saturated rings. The third-order valence-corrected chi connectivity index (χ3v) is 5.23. The summed E-state index contributed by atoms with van der Waals surface area (Å²) >= 11 is 5.89. The average Bonchev–Trinajstić information content (AvgIpc) is 3.11. The lowest BCUT2D eigenvalue weighted by Crippen LogP contribution is -2.22. The molecule has 0 aliphatic rings. The highest BCUT2D eigenvalue weighted by Gasteiger charge is 2.12. The molecule has 0 saturated heterocycles. The SMILES string of the molecule is O=C(CCCc1nc2cccnc2n1Cc1ccccc1)NCc1ccc(Cl)cc1. The van der Waals surface area contributed by atoms with E-state index >= 15 is 0 Å². The van der Waals surface area contributed by atoms with Gasteiger partial charge in [0.1, 0.15) is 11.3 Å². The number of nitrogens with zero attached hydrogens (tertiary/aromatic N) is 3. The molecule has 4 aromatic rings. The zero-order valence-electron chi connectivity index (χ0n) is 16.6. The van der Waals surface area contributed by atoms with Gasteiger partial charge < -0.3 is 9.88 Å². The standard InChI is InChI=1S/C24H23ClN4O/c25-20-13-11-18(12-14-20)16-27-23(30)10-4-9-22-28-21-8-5-15-26-24(21)29(22)17-19-6-2-1-3-7-19/h1-3,5-8,11-15H,4,9-10,16-17H2,(H,27,30). The first-order valence-electron chi connectivity index (χ1n) is 10.0. The van der Waals surface area contributed by atoms with Gasteiger partial charge in [-0.05, 0) is 41.8 Å². The summed E-state index contributed by atoms with van der Waals surface area (Å²) in [6.45, 7) is 1.22. The van der Waals surface area contributed by atoms with Gasteiger partial charge in [0.15, 0.2) is 5.65 Å². The molecule has 152 valence electrons. The summed E-state index contributed by atoms with van der Waals surface area (Å²) < 4.78 is 2.15. The largest absolute Gasteiger partial charge is 0.352 e. The van der Waals surface area contributed by atoms with Crippen LogP contribution in [0.25, 0.3) is 11.2 Å². The van der Waals surface area contributed by atoms with E-state index in [9.17, 15) is 4.79 Å². The fourth-order valence-corrected chi connectivity index (χ4v) is 3.55. The number of aryl methyl sites for hydroxylation is 1. The van der Waals surface area contributed by atoms with Crippen LogP contribution in [0.3, 0.4) is 0 Å². The normalized spacial score (nSPS) is 11.0. The second-order valence-corrected chi connectivity index (χ2v) is 7.64. The number of rotatable bonds is 8. The van der Waals surface area contributed by atoms with E-state index < -0.39 is 0 Å². The molecule has 0 saturated carbocycles. The van der Waals surface area contributed by atoms with Gasteiger partial charge in [-0.3, -0.25) is 4.79 Å². The van der Waals surface area contributed by atoms with Crippen LogP contribution >= 0.6 is 11.6 Å². The minimum absolute atomic E-state index is 0.0359. The lowest BCUT2D eigenvalue weighted by Gasteiger charge is -2.09. The van der Waals surface area contributed by atoms with E-state index in [1.165, 1.54) is 5.56 Å². The van der Waals surface area contributed by atoms with Gasteiger partial charge in [0, 0.05) is 30.6 Å². The molecule has 0 bridgehead atoms. The molecule has 0 radical (unpaired) electrons. The van der Waals surface area contributed by atoms with Crippen molar-refractivity contribution in [3.63, 3.8) is 0 Å². The number of amides is 1. The van der Waals surface area contributed by atoms with Crippen LogP contribution in [-0.2, 0) is 24.3 Å². The Morgan fingerprint density at radius 3 is 2.57 bits per heavy atom. The van der Waals surface area contributed by atoms with Crippen molar-refractivity contribution >= 4 is 28.7 Å². The van der Waals surface area contributed by atoms with Crippen molar-refractivity contribution in [3.8, 4) is 0 Å². The highest BCUT2D eigenvalue weighted by Crippen LogP contribution is 2.17. The molecular formula is C24H23ClN4O. The van der Waals surface area contributed by atoms with Crippen molar-refractivity contribution in [1.29, 1.82) is 0 Å². The second kappa shape index (κ2) is 9.55. The fourth-order valence-electron chi connectivity index (χ4n) is 3.43. The van der Waals surface area contributed by atoms with Gasteiger partial charge in [-0.25, -0.2) is 9.97 Å². The topological polar surface area (TPSA) is 59.8 Å². The highest BCUT2D eigenvalue weighted by atomic mass is 35.5. The van der Waals surface area contributed by atoms with Gasteiger partial charge in [-0.2, -0.15) is 0 Å². The molecule has 2 aromatic heterocycles. The van der Waals surface area contributed by atoms with E-state index in [1.54, 1.807) is 6.20 Å². The first-order chi connectivity index (χ1) is 14.7. The molecule has 0 spiro atoms. The third kappa shape index (κ3) is 5.05. The van der Waals surface area contributed by atoms with Gasteiger partial charge in [-0.1, -0.05) is 54.1 Å². The molecule has 2 aromatic carbocycles. The predicted octanol–water partition coefficient (Wildman–Crippen LogP) is 4.77. The van der Waals surface area contributed by atoms with E-state index in [2.05, 4.69) is 27.0 Å². The van der Waals surface area contributed by atoms with Crippen LogP contribution in [0, 0.1) is 0 Å². The molecule has 4 rings (SSSR count). The lowest BCUT2D eigenvalue weighted by atomic mass is 10.2. The summed E-state index contributed by atoms with van der Waals surface area (Å²) in [4.78, 5) is 21.5. The Kier molecular flexibility index (Phi) is 6.40. The van der Waals surface area contributed by atoms with Crippen molar-refractivity contribution in [2.24, 2.45) is 0 Å². The average molecular weight is 419 g/mol. The zero-order chi connectivity index (χ0) is 20.8. The van der Waals surface area contributed by atoms with Crippen LogP contribution in [-0.4, -0.2) is 20.4 Å². The highest BCUT2D eigenvalue weighted by molar-refractivity contribution is 6.30. The molecular weight excluding hydrogens is 396 g/mol. The van der Waals surface area contributed by atoms with Gasteiger partial charge in [0.25, 0.3) is 0 Å². The Morgan fingerprint density at radius 1 is 0.967 bits per heavy atom. The molecule has 5 nitrogen and oxygen atoms in total. The van der Waals surface area contributed by atoms with Gasteiger partial charge in [-0.15, -0.1) is 0 Å². The number of carbonyl (C=O) groups is 1. The molecule has 2 heterocycles. The number of fused-ring (bicyclic) bond motifs is 1. The van der Waals surface area contributed by atoms with Crippen molar-refractivity contribution in [3.05, 3.63) is 94.9 Å².